The van der Waals surface area contributed by atoms with E-state index in [0.717, 1.165) is 6.42 Å². The van der Waals surface area contributed by atoms with Crippen LogP contribution in [0.4, 0.5) is 0 Å². The number of allylic oxidation sites excluding steroid dienone is 1. The molecule has 2 N–H and O–H groups in total. The molecule has 0 radical (unpaired) electrons. The van der Waals surface area contributed by atoms with Crippen LogP contribution in [0, 0.1) is 0 Å². The number of hydrogen-bond donors (Lipinski definition) is 1. The van der Waals surface area contributed by atoms with Gasteiger partial charge >= 0.3 is 0 Å². The van der Waals surface area contributed by atoms with E-state index in [4.69, 9.17) is 5.73 Å². The second kappa shape index (κ2) is 4.39. The minimum absolute atomic E-state index is 0.874. The van der Waals surface area contributed by atoms with Crippen LogP contribution in [0.15, 0.2) is 43.1 Å². The van der Waals surface area contributed by atoms with Crippen LogP contribution in [0.1, 0.15) is 11.1 Å². The number of hydrogen-bond acceptors (Lipinski definition) is 1. The van der Waals surface area contributed by atoms with E-state index in [9.17, 15) is 0 Å². The fourth-order valence-corrected chi connectivity index (χ4v) is 1.11. The minimum atomic E-state index is 0.874. The van der Waals surface area contributed by atoms with E-state index >= 15 is 0 Å². The van der Waals surface area contributed by atoms with Crippen molar-refractivity contribution in [3.05, 3.63) is 54.2 Å². The van der Waals surface area contributed by atoms with E-state index in [1.807, 2.05) is 30.4 Å². The van der Waals surface area contributed by atoms with Crippen LogP contribution in [0.25, 0.3) is 6.08 Å². The zero-order chi connectivity index (χ0) is 8.81. The highest BCUT2D eigenvalue weighted by Gasteiger charge is 1.93. The maximum Gasteiger partial charge on any atom is -0.00743 e. The predicted molar refractivity (Wildman–Crippen MR) is 53.6 cm³/mol. The van der Waals surface area contributed by atoms with E-state index in [1.54, 1.807) is 6.20 Å². The van der Waals surface area contributed by atoms with Crippen LogP contribution in [0.2, 0.25) is 0 Å². The molecule has 1 rings (SSSR count). The van der Waals surface area contributed by atoms with Gasteiger partial charge < -0.3 is 5.73 Å². The Hall–Kier alpha value is -1.50. The first-order chi connectivity index (χ1) is 5.88. The van der Waals surface area contributed by atoms with Gasteiger partial charge in [-0.3, -0.25) is 0 Å². The number of benzene rings is 1. The van der Waals surface area contributed by atoms with Crippen molar-refractivity contribution in [2.24, 2.45) is 5.73 Å². The lowest BCUT2D eigenvalue weighted by Crippen LogP contribution is -1.87. The first-order valence-corrected chi connectivity index (χ1v) is 3.95. The van der Waals surface area contributed by atoms with Gasteiger partial charge in [-0.25, -0.2) is 0 Å². The van der Waals surface area contributed by atoms with Gasteiger partial charge in [-0.1, -0.05) is 43.0 Å². The first-order valence-electron chi connectivity index (χ1n) is 3.95. The van der Waals surface area contributed by atoms with Crippen molar-refractivity contribution in [3.8, 4) is 0 Å². The van der Waals surface area contributed by atoms with Crippen LogP contribution in [0.5, 0.6) is 0 Å². The summed E-state index contributed by atoms with van der Waals surface area (Å²) in [6.07, 6.45) is 6.24. The van der Waals surface area contributed by atoms with Gasteiger partial charge in [-0.05, 0) is 23.7 Å². The Balaban J connectivity index is 2.89. The van der Waals surface area contributed by atoms with Gasteiger partial charge in [0, 0.05) is 0 Å². The fraction of sp³-hybridized carbons (Fsp3) is 0.0909. The number of nitrogens with two attached hydrogens (primary N) is 1. The Morgan fingerprint density at radius 3 is 2.75 bits per heavy atom. The molecular formula is C11H13N. The van der Waals surface area contributed by atoms with E-state index < -0.39 is 0 Å². The van der Waals surface area contributed by atoms with Crippen LogP contribution in [-0.4, -0.2) is 0 Å². The van der Waals surface area contributed by atoms with Gasteiger partial charge in [0.2, 0.25) is 0 Å². The largest absolute Gasteiger partial charge is 0.405 e. The Kier molecular flexibility index (Phi) is 3.15. The average Bonchev–Trinajstić information content (AvgIpc) is 2.15. The molecule has 1 aromatic rings. The van der Waals surface area contributed by atoms with Gasteiger partial charge in [0.1, 0.15) is 0 Å². The Labute approximate surface area is 73.2 Å². The van der Waals surface area contributed by atoms with Crippen molar-refractivity contribution >= 4 is 6.08 Å². The third kappa shape index (κ3) is 1.99. The normalized spacial score (nSPS) is 10.3. The maximum atomic E-state index is 5.26. The highest BCUT2D eigenvalue weighted by molar-refractivity contribution is 5.52. The van der Waals surface area contributed by atoms with E-state index in [-0.39, 0.29) is 0 Å². The summed E-state index contributed by atoms with van der Waals surface area (Å²) in [6, 6.07) is 8.16. The highest BCUT2D eigenvalue weighted by atomic mass is 14.5. The molecule has 0 aliphatic carbocycles. The predicted octanol–water partition coefficient (Wildman–Crippen LogP) is 2.34. The molecule has 0 spiro atoms. The van der Waals surface area contributed by atoms with Crippen molar-refractivity contribution < 1.29 is 0 Å². The van der Waals surface area contributed by atoms with Gasteiger partial charge in [0.25, 0.3) is 0 Å². The molecule has 1 aromatic carbocycles. The third-order valence-electron chi connectivity index (χ3n) is 1.75. The van der Waals surface area contributed by atoms with Gasteiger partial charge in [-0.15, -0.1) is 0 Å². The van der Waals surface area contributed by atoms with Crippen molar-refractivity contribution in [2.45, 2.75) is 6.42 Å². The number of rotatable bonds is 3. The lowest BCUT2D eigenvalue weighted by atomic mass is 10.1. The first kappa shape index (κ1) is 8.60. The summed E-state index contributed by atoms with van der Waals surface area (Å²) in [5.74, 6) is 0. The summed E-state index contributed by atoms with van der Waals surface area (Å²) in [7, 11) is 0. The average molecular weight is 159 g/mol. The molecular weight excluding hydrogens is 146 g/mol. The SMILES string of the molecule is C=Cc1ccccc1CC=CN. The van der Waals surface area contributed by atoms with Gasteiger partial charge in [-0.2, -0.15) is 0 Å². The second-order valence-electron chi connectivity index (χ2n) is 2.54. The molecule has 0 fully saturated rings. The molecule has 0 amide bonds. The summed E-state index contributed by atoms with van der Waals surface area (Å²) in [5, 5.41) is 0. The molecule has 0 unspecified atom stereocenters. The van der Waals surface area contributed by atoms with Crippen LogP contribution >= 0.6 is 0 Å². The third-order valence-corrected chi connectivity index (χ3v) is 1.75. The van der Waals surface area contributed by atoms with Crippen molar-refractivity contribution in [1.82, 2.24) is 0 Å². The second-order valence-corrected chi connectivity index (χ2v) is 2.54. The zero-order valence-electron chi connectivity index (χ0n) is 7.03. The standard InChI is InChI=1S/C11H13N/c1-2-10-6-3-4-7-11(10)8-5-9-12/h2-7,9H,1,8,12H2. The summed E-state index contributed by atoms with van der Waals surface area (Å²) in [4.78, 5) is 0. The Bertz CT molecular complexity index is 287. The molecule has 0 aromatic heterocycles. The fourth-order valence-electron chi connectivity index (χ4n) is 1.11. The van der Waals surface area contributed by atoms with Crippen molar-refractivity contribution in [2.75, 3.05) is 0 Å². The molecule has 0 bridgehead atoms. The quantitative estimate of drug-likeness (QED) is 0.719. The van der Waals surface area contributed by atoms with Crippen molar-refractivity contribution in [3.63, 3.8) is 0 Å². The van der Waals surface area contributed by atoms with E-state index in [0.29, 0.717) is 0 Å². The molecule has 62 valence electrons. The molecule has 0 heterocycles. The molecule has 0 atom stereocenters. The summed E-state index contributed by atoms with van der Waals surface area (Å²) in [6.45, 7) is 3.74. The molecule has 0 aliphatic heterocycles. The van der Waals surface area contributed by atoms with E-state index in [1.165, 1.54) is 11.1 Å². The topological polar surface area (TPSA) is 26.0 Å². The highest BCUT2D eigenvalue weighted by Crippen LogP contribution is 2.10. The molecule has 0 saturated carbocycles. The maximum absolute atomic E-state index is 5.26. The van der Waals surface area contributed by atoms with Crippen LogP contribution in [0.3, 0.4) is 0 Å². The van der Waals surface area contributed by atoms with Crippen LogP contribution in [-0.2, 0) is 6.42 Å². The molecule has 1 nitrogen and oxygen atoms in total. The minimum Gasteiger partial charge on any atom is -0.405 e. The molecule has 0 saturated heterocycles. The molecule has 0 aliphatic rings. The van der Waals surface area contributed by atoms with Crippen molar-refractivity contribution in [1.29, 1.82) is 0 Å². The van der Waals surface area contributed by atoms with E-state index in [2.05, 4.69) is 12.6 Å². The smallest absolute Gasteiger partial charge is 0.00743 e. The van der Waals surface area contributed by atoms with Gasteiger partial charge in [0.05, 0.1) is 0 Å². The summed E-state index contributed by atoms with van der Waals surface area (Å²) >= 11 is 0. The molecule has 12 heavy (non-hydrogen) atoms. The summed E-state index contributed by atoms with van der Waals surface area (Å²) < 4.78 is 0. The monoisotopic (exact) mass is 159 g/mol. The molecule has 1 heteroatoms. The van der Waals surface area contributed by atoms with Gasteiger partial charge in [0.15, 0.2) is 0 Å². The Morgan fingerprint density at radius 1 is 1.33 bits per heavy atom. The summed E-state index contributed by atoms with van der Waals surface area (Å²) in [5.41, 5.74) is 7.70. The lowest BCUT2D eigenvalue weighted by molar-refractivity contribution is 1.25. The van der Waals surface area contributed by atoms with Crippen LogP contribution < -0.4 is 5.73 Å². The lowest BCUT2D eigenvalue weighted by Gasteiger charge is -2.00. The Morgan fingerprint density at radius 2 is 2.08 bits per heavy atom. The zero-order valence-corrected chi connectivity index (χ0v) is 7.03.